The first-order valence-corrected chi connectivity index (χ1v) is 7.88. The molecule has 21 heavy (non-hydrogen) atoms. The predicted molar refractivity (Wildman–Crippen MR) is 85.6 cm³/mol. The number of nitro groups is 1. The van der Waals surface area contributed by atoms with Crippen LogP contribution in [0.5, 0.6) is 0 Å². The number of para-hydroxylation sites is 1. The molecule has 1 N–H and O–H groups in total. The van der Waals surface area contributed by atoms with Crippen LogP contribution in [-0.2, 0) is 6.54 Å². The van der Waals surface area contributed by atoms with Gasteiger partial charge >= 0.3 is 0 Å². The highest BCUT2D eigenvalue weighted by molar-refractivity contribution is 5.66. The third kappa shape index (κ3) is 4.43. The Labute approximate surface area is 126 Å². The number of hydrogen-bond donors (Lipinski definition) is 1. The maximum atomic E-state index is 11.2. The highest BCUT2D eigenvalue weighted by Gasteiger charge is 2.25. The number of anilines is 1. The molecule has 1 aromatic rings. The summed E-state index contributed by atoms with van der Waals surface area (Å²) in [6, 6.07) is 5.36. The fourth-order valence-corrected chi connectivity index (χ4v) is 2.71. The fourth-order valence-electron chi connectivity index (χ4n) is 2.71. The van der Waals surface area contributed by atoms with E-state index in [9.17, 15) is 10.1 Å². The molecule has 1 aliphatic carbocycles. The summed E-state index contributed by atoms with van der Waals surface area (Å²) in [4.78, 5) is 13.3. The Morgan fingerprint density at radius 2 is 2.14 bits per heavy atom. The summed E-state index contributed by atoms with van der Waals surface area (Å²) < 4.78 is 0. The lowest BCUT2D eigenvalue weighted by molar-refractivity contribution is -0.384. The molecule has 0 amide bonds. The van der Waals surface area contributed by atoms with E-state index in [2.05, 4.69) is 17.1 Å². The van der Waals surface area contributed by atoms with Crippen molar-refractivity contribution in [3.63, 3.8) is 0 Å². The molecule has 0 saturated heterocycles. The summed E-state index contributed by atoms with van der Waals surface area (Å²) in [5.41, 5.74) is 1.89. The molecule has 1 fully saturated rings. The minimum Gasteiger partial charge on any atom is -0.380 e. The first kappa shape index (κ1) is 15.8. The Bertz CT molecular complexity index is 486. The Kier molecular flexibility index (Phi) is 5.56. The van der Waals surface area contributed by atoms with Crippen molar-refractivity contribution < 1.29 is 4.92 Å². The Morgan fingerprint density at radius 3 is 2.71 bits per heavy atom. The monoisotopic (exact) mass is 291 g/mol. The third-order valence-corrected chi connectivity index (χ3v) is 3.83. The lowest BCUT2D eigenvalue weighted by Crippen LogP contribution is -2.27. The molecule has 5 nitrogen and oxygen atoms in total. The van der Waals surface area contributed by atoms with Crippen LogP contribution in [0, 0.1) is 16.0 Å². The Balaban J connectivity index is 2.19. The van der Waals surface area contributed by atoms with Crippen LogP contribution in [0.1, 0.15) is 38.7 Å². The average Bonchev–Trinajstić information content (AvgIpc) is 3.25. The minimum atomic E-state index is -0.299. The first-order valence-electron chi connectivity index (χ1n) is 7.88. The summed E-state index contributed by atoms with van der Waals surface area (Å²) >= 11 is 0. The van der Waals surface area contributed by atoms with Gasteiger partial charge in [-0.15, -0.1) is 0 Å². The van der Waals surface area contributed by atoms with Crippen molar-refractivity contribution in [1.29, 1.82) is 0 Å². The molecule has 0 heterocycles. The summed E-state index contributed by atoms with van der Waals surface area (Å²) in [6.45, 7) is 7.78. The van der Waals surface area contributed by atoms with Gasteiger partial charge in [-0.05, 0) is 44.2 Å². The van der Waals surface area contributed by atoms with Crippen molar-refractivity contribution in [3.8, 4) is 0 Å². The van der Waals surface area contributed by atoms with Crippen LogP contribution in [0.2, 0.25) is 0 Å². The van der Waals surface area contributed by atoms with E-state index in [-0.39, 0.29) is 10.6 Å². The van der Waals surface area contributed by atoms with Gasteiger partial charge in [0.1, 0.15) is 5.69 Å². The summed E-state index contributed by atoms with van der Waals surface area (Å²) in [5, 5.41) is 14.4. The maximum absolute atomic E-state index is 11.2. The standard InChI is InChI=1S/C16H25N3O2/c1-3-10-18(11-13-8-9-13)12-14-6-5-7-15(19(20)21)16(14)17-4-2/h5-7,13,17H,3-4,8-12H2,1-2H3. The Hall–Kier alpha value is -1.62. The molecular formula is C16H25N3O2. The van der Waals surface area contributed by atoms with Crippen molar-refractivity contribution >= 4 is 11.4 Å². The minimum absolute atomic E-state index is 0.178. The van der Waals surface area contributed by atoms with Crippen molar-refractivity contribution in [1.82, 2.24) is 4.90 Å². The van der Waals surface area contributed by atoms with Gasteiger partial charge in [0, 0.05) is 25.7 Å². The topological polar surface area (TPSA) is 58.4 Å². The van der Waals surface area contributed by atoms with E-state index in [0.29, 0.717) is 12.2 Å². The molecule has 0 spiro atoms. The largest absolute Gasteiger partial charge is 0.380 e. The van der Waals surface area contributed by atoms with E-state index in [1.807, 2.05) is 13.0 Å². The molecule has 1 aliphatic rings. The van der Waals surface area contributed by atoms with Gasteiger partial charge in [-0.3, -0.25) is 15.0 Å². The second kappa shape index (κ2) is 7.41. The van der Waals surface area contributed by atoms with Crippen LogP contribution in [0.15, 0.2) is 18.2 Å². The van der Waals surface area contributed by atoms with Crippen molar-refractivity contribution in [2.75, 3.05) is 25.0 Å². The molecule has 0 atom stereocenters. The van der Waals surface area contributed by atoms with E-state index in [4.69, 9.17) is 0 Å². The lowest BCUT2D eigenvalue weighted by atomic mass is 10.1. The van der Waals surface area contributed by atoms with Crippen LogP contribution in [-0.4, -0.2) is 29.5 Å². The number of rotatable bonds is 9. The van der Waals surface area contributed by atoms with Gasteiger partial charge in [0.15, 0.2) is 0 Å². The number of hydrogen-bond acceptors (Lipinski definition) is 4. The van der Waals surface area contributed by atoms with Crippen molar-refractivity contribution in [2.45, 2.75) is 39.7 Å². The zero-order valence-corrected chi connectivity index (χ0v) is 13.0. The van der Waals surface area contributed by atoms with Gasteiger partial charge in [0.05, 0.1) is 4.92 Å². The molecule has 5 heteroatoms. The maximum Gasteiger partial charge on any atom is 0.292 e. The van der Waals surface area contributed by atoms with Crippen molar-refractivity contribution in [2.24, 2.45) is 5.92 Å². The predicted octanol–water partition coefficient (Wildman–Crippen LogP) is 3.65. The Morgan fingerprint density at radius 1 is 1.38 bits per heavy atom. The third-order valence-electron chi connectivity index (χ3n) is 3.83. The van der Waals surface area contributed by atoms with Crippen LogP contribution >= 0.6 is 0 Å². The fraction of sp³-hybridized carbons (Fsp3) is 0.625. The number of nitrogens with one attached hydrogen (secondary N) is 1. The molecule has 0 radical (unpaired) electrons. The van der Waals surface area contributed by atoms with Crippen LogP contribution in [0.3, 0.4) is 0 Å². The van der Waals surface area contributed by atoms with E-state index in [1.165, 1.54) is 12.8 Å². The number of benzene rings is 1. The highest BCUT2D eigenvalue weighted by Crippen LogP contribution is 2.32. The molecule has 0 unspecified atom stereocenters. The lowest BCUT2D eigenvalue weighted by Gasteiger charge is -2.23. The van der Waals surface area contributed by atoms with Gasteiger partial charge in [-0.1, -0.05) is 19.1 Å². The van der Waals surface area contributed by atoms with Gasteiger partial charge in [0.25, 0.3) is 5.69 Å². The molecule has 0 bridgehead atoms. The van der Waals surface area contributed by atoms with E-state index in [1.54, 1.807) is 12.1 Å². The van der Waals surface area contributed by atoms with E-state index in [0.717, 1.165) is 37.5 Å². The molecular weight excluding hydrogens is 266 g/mol. The number of nitro benzene ring substituents is 1. The van der Waals surface area contributed by atoms with Crippen LogP contribution in [0.4, 0.5) is 11.4 Å². The zero-order chi connectivity index (χ0) is 15.2. The molecule has 1 saturated carbocycles. The van der Waals surface area contributed by atoms with Gasteiger partial charge in [-0.2, -0.15) is 0 Å². The first-order chi connectivity index (χ1) is 10.2. The van der Waals surface area contributed by atoms with E-state index < -0.39 is 0 Å². The zero-order valence-electron chi connectivity index (χ0n) is 13.0. The van der Waals surface area contributed by atoms with Crippen LogP contribution in [0.25, 0.3) is 0 Å². The van der Waals surface area contributed by atoms with Gasteiger partial charge < -0.3 is 5.32 Å². The molecule has 0 aromatic heterocycles. The summed E-state index contributed by atoms with van der Waals surface area (Å²) in [6.07, 6.45) is 3.77. The molecule has 116 valence electrons. The smallest absolute Gasteiger partial charge is 0.292 e. The highest BCUT2D eigenvalue weighted by atomic mass is 16.6. The van der Waals surface area contributed by atoms with Gasteiger partial charge in [0.2, 0.25) is 0 Å². The quantitative estimate of drug-likeness (QED) is 0.557. The SMILES string of the molecule is CCCN(Cc1cccc([N+](=O)[O-])c1NCC)CC1CC1. The molecule has 0 aliphatic heterocycles. The molecule has 2 rings (SSSR count). The average molecular weight is 291 g/mol. The summed E-state index contributed by atoms with van der Waals surface area (Å²) in [7, 11) is 0. The van der Waals surface area contributed by atoms with Crippen LogP contribution < -0.4 is 5.32 Å². The second-order valence-corrected chi connectivity index (χ2v) is 5.78. The summed E-state index contributed by atoms with van der Waals surface area (Å²) in [5.74, 6) is 0.831. The van der Waals surface area contributed by atoms with Crippen molar-refractivity contribution in [3.05, 3.63) is 33.9 Å². The number of nitrogens with zero attached hydrogens (tertiary/aromatic N) is 2. The normalized spacial score (nSPS) is 14.4. The molecule has 1 aromatic carbocycles. The van der Waals surface area contributed by atoms with E-state index >= 15 is 0 Å². The second-order valence-electron chi connectivity index (χ2n) is 5.78. The van der Waals surface area contributed by atoms with Gasteiger partial charge in [-0.25, -0.2) is 0 Å².